The predicted octanol–water partition coefficient (Wildman–Crippen LogP) is 4.48. The second-order valence-electron chi connectivity index (χ2n) is 6.48. The van der Waals surface area contributed by atoms with Gasteiger partial charge in [-0.25, -0.2) is 9.18 Å². The van der Waals surface area contributed by atoms with E-state index < -0.39 is 0 Å². The van der Waals surface area contributed by atoms with Gasteiger partial charge in [0.2, 0.25) is 0 Å². The van der Waals surface area contributed by atoms with E-state index in [4.69, 9.17) is 0 Å². The topological polar surface area (TPSA) is 35.6 Å². The van der Waals surface area contributed by atoms with Crippen molar-refractivity contribution in [1.82, 2.24) is 4.90 Å². The lowest BCUT2D eigenvalue weighted by Crippen LogP contribution is -2.33. The van der Waals surface area contributed by atoms with E-state index in [-0.39, 0.29) is 11.8 Å². The maximum absolute atomic E-state index is 13.7. The normalized spacial score (nSPS) is 14.2. The first-order valence-corrected chi connectivity index (χ1v) is 8.74. The highest BCUT2D eigenvalue weighted by molar-refractivity contribution is 5.93. The van der Waals surface area contributed by atoms with Crippen LogP contribution in [0.5, 0.6) is 0 Å². The summed E-state index contributed by atoms with van der Waals surface area (Å²) in [5.41, 5.74) is 2.48. The van der Waals surface area contributed by atoms with Crippen LogP contribution in [0.2, 0.25) is 0 Å². The zero-order valence-electron chi connectivity index (χ0n) is 14.5. The minimum Gasteiger partial charge on any atom is -0.370 e. The molecule has 0 aromatic heterocycles. The van der Waals surface area contributed by atoms with Gasteiger partial charge in [0.25, 0.3) is 0 Å². The van der Waals surface area contributed by atoms with Crippen molar-refractivity contribution < 1.29 is 9.18 Å². The number of benzene rings is 2. The summed E-state index contributed by atoms with van der Waals surface area (Å²) in [4.78, 5) is 16.4. The molecule has 1 aliphatic rings. The number of urea groups is 1. The lowest BCUT2D eigenvalue weighted by atomic mass is 10.1. The van der Waals surface area contributed by atoms with Crippen LogP contribution in [-0.4, -0.2) is 31.1 Å². The lowest BCUT2D eigenvalue weighted by molar-refractivity contribution is 0.220. The van der Waals surface area contributed by atoms with Gasteiger partial charge in [-0.15, -0.1) is 0 Å². The van der Waals surface area contributed by atoms with E-state index in [0.717, 1.165) is 37.2 Å². The SMILES string of the molecule is CN(Cc1ccccc1)C(=O)Nc1cc(F)ccc1N1CCCCC1. The van der Waals surface area contributed by atoms with Crippen molar-refractivity contribution >= 4 is 17.4 Å². The van der Waals surface area contributed by atoms with Gasteiger partial charge in [-0.2, -0.15) is 0 Å². The van der Waals surface area contributed by atoms with Gasteiger partial charge >= 0.3 is 6.03 Å². The van der Waals surface area contributed by atoms with Crippen molar-refractivity contribution in [2.75, 3.05) is 30.4 Å². The molecule has 1 fully saturated rings. The van der Waals surface area contributed by atoms with Crippen LogP contribution in [0.25, 0.3) is 0 Å². The molecule has 1 heterocycles. The number of hydrogen-bond acceptors (Lipinski definition) is 2. The summed E-state index contributed by atoms with van der Waals surface area (Å²) in [7, 11) is 1.74. The second-order valence-corrected chi connectivity index (χ2v) is 6.48. The largest absolute Gasteiger partial charge is 0.370 e. The molecule has 0 atom stereocenters. The lowest BCUT2D eigenvalue weighted by Gasteiger charge is -2.31. The Morgan fingerprint density at radius 3 is 2.56 bits per heavy atom. The molecule has 5 heteroatoms. The Balaban J connectivity index is 1.72. The van der Waals surface area contributed by atoms with Gasteiger partial charge in [-0.1, -0.05) is 30.3 Å². The molecule has 1 saturated heterocycles. The van der Waals surface area contributed by atoms with E-state index in [2.05, 4.69) is 10.2 Å². The molecular weight excluding hydrogens is 317 g/mol. The molecule has 0 spiro atoms. The molecular formula is C20H24FN3O. The molecule has 2 amide bonds. The minimum absolute atomic E-state index is 0.243. The number of nitrogens with zero attached hydrogens (tertiary/aromatic N) is 2. The number of hydrogen-bond donors (Lipinski definition) is 1. The number of nitrogens with one attached hydrogen (secondary N) is 1. The number of amides is 2. The van der Waals surface area contributed by atoms with E-state index in [1.165, 1.54) is 18.6 Å². The molecule has 2 aromatic carbocycles. The fourth-order valence-electron chi connectivity index (χ4n) is 3.16. The summed E-state index contributed by atoms with van der Waals surface area (Å²) in [5, 5.41) is 2.87. The first-order valence-electron chi connectivity index (χ1n) is 8.74. The van der Waals surface area contributed by atoms with Crippen LogP contribution in [0, 0.1) is 5.82 Å². The van der Waals surface area contributed by atoms with E-state index in [0.29, 0.717) is 12.2 Å². The molecule has 4 nitrogen and oxygen atoms in total. The smallest absolute Gasteiger partial charge is 0.321 e. The Hall–Kier alpha value is -2.56. The Labute approximate surface area is 148 Å². The summed E-state index contributed by atoms with van der Waals surface area (Å²) in [6.45, 7) is 2.38. The standard InChI is InChI=1S/C20H24FN3O/c1-23(15-16-8-4-2-5-9-16)20(25)22-18-14-17(21)10-11-19(18)24-12-6-3-7-13-24/h2,4-5,8-11,14H,3,6-7,12-13,15H2,1H3,(H,22,25). The summed E-state index contributed by atoms with van der Waals surface area (Å²) < 4.78 is 13.7. The highest BCUT2D eigenvalue weighted by Crippen LogP contribution is 2.29. The number of carbonyl (C=O) groups is 1. The van der Waals surface area contributed by atoms with Gasteiger partial charge in [0.1, 0.15) is 5.82 Å². The number of rotatable bonds is 4. The minimum atomic E-state index is -0.346. The third-order valence-electron chi connectivity index (χ3n) is 4.51. The second kappa shape index (κ2) is 8.01. The average molecular weight is 341 g/mol. The quantitative estimate of drug-likeness (QED) is 0.890. The molecule has 0 aliphatic carbocycles. The molecule has 132 valence electrons. The summed E-state index contributed by atoms with van der Waals surface area (Å²) in [6.07, 6.45) is 3.47. The first-order chi connectivity index (χ1) is 12.1. The Bertz CT molecular complexity index is 714. The van der Waals surface area contributed by atoms with Gasteiger partial charge in [-0.3, -0.25) is 0 Å². The Kier molecular flexibility index (Phi) is 5.53. The molecule has 0 unspecified atom stereocenters. The number of anilines is 2. The molecule has 1 aliphatic heterocycles. The molecule has 0 saturated carbocycles. The Morgan fingerprint density at radius 2 is 1.84 bits per heavy atom. The average Bonchev–Trinajstić information content (AvgIpc) is 2.63. The van der Waals surface area contributed by atoms with E-state index in [1.807, 2.05) is 30.3 Å². The van der Waals surface area contributed by atoms with Crippen molar-refractivity contribution in [1.29, 1.82) is 0 Å². The van der Waals surface area contributed by atoms with Gasteiger partial charge < -0.3 is 15.1 Å². The van der Waals surface area contributed by atoms with Crippen LogP contribution in [0.15, 0.2) is 48.5 Å². The highest BCUT2D eigenvalue weighted by atomic mass is 19.1. The van der Waals surface area contributed by atoms with Crippen molar-refractivity contribution in [3.63, 3.8) is 0 Å². The van der Waals surface area contributed by atoms with Gasteiger partial charge in [0, 0.05) is 26.7 Å². The molecule has 1 N–H and O–H groups in total. The zero-order valence-corrected chi connectivity index (χ0v) is 14.5. The van der Waals surface area contributed by atoms with Crippen molar-refractivity contribution in [3.05, 3.63) is 59.9 Å². The first kappa shape index (κ1) is 17.3. The van der Waals surface area contributed by atoms with Crippen LogP contribution in [-0.2, 0) is 6.54 Å². The fourth-order valence-corrected chi connectivity index (χ4v) is 3.16. The van der Waals surface area contributed by atoms with Crippen LogP contribution in [0.1, 0.15) is 24.8 Å². The third-order valence-corrected chi connectivity index (χ3v) is 4.51. The van der Waals surface area contributed by atoms with E-state index in [9.17, 15) is 9.18 Å². The summed E-state index contributed by atoms with van der Waals surface area (Å²) in [5.74, 6) is -0.346. The summed E-state index contributed by atoms with van der Waals surface area (Å²) in [6, 6.07) is 14.2. The molecule has 3 rings (SSSR count). The van der Waals surface area contributed by atoms with Gasteiger partial charge in [0.05, 0.1) is 11.4 Å². The molecule has 0 bridgehead atoms. The van der Waals surface area contributed by atoms with Crippen LogP contribution < -0.4 is 10.2 Å². The monoisotopic (exact) mass is 341 g/mol. The number of halogens is 1. The Morgan fingerprint density at radius 1 is 1.12 bits per heavy atom. The zero-order chi connectivity index (χ0) is 17.6. The van der Waals surface area contributed by atoms with E-state index in [1.54, 1.807) is 18.0 Å². The van der Waals surface area contributed by atoms with E-state index >= 15 is 0 Å². The fraction of sp³-hybridized carbons (Fsp3) is 0.350. The summed E-state index contributed by atoms with van der Waals surface area (Å²) >= 11 is 0. The number of carbonyl (C=O) groups excluding carboxylic acids is 1. The molecule has 0 radical (unpaired) electrons. The highest BCUT2D eigenvalue weighted by Gasteiger charge is 2.18. The molecule has 25 heavy (non-hydrogen) atoms. The molecule has 2 aromatic rings. The van der Waals surface area contributed by atoms with Crippen LogP contribution >= 0.6 is 0 Å². The number of piperidine rings is 1. The van der Waals surface area contributed by atoms with Crippen molar-refractivity contribution in [3.8, 4) is 0 Å². The third kappa shape index (κ3) is 4.50. The van der Waals surface area contributed by atoms with Crippen LogP contribution in [0.4, 0.5) is 20.6 Å². The van der Waals surface area contributed by atoms with Gasteiger partial charge in [0.15, 0.2) is 0 Å². The predicted molar refractivity (Wildman–Crippen MR) is 99.4 cm³/mol. The van der Waals surface area contributed by atoms with Crippen molar-refractivity contribution in [2.45, 2.75) is 25.8 Å². The van der Waals surface area contributed by atoms with Crippen molar-refractivity contribution in [2.24, 2.45) is 0 Å². The maximum Gasteiger partial charge on any atom is 0.321 e. The van der Waals surface area contributed by atoms with Gasteiger partial charge in [-0.05, 0) is 43.0 Å². The van der Waals surface area contributed by atoms with Crippen LogP contribution in [0.3, 0.4) is 0 Å². The maximum atomic E-state index is 13.7.